The smallest absolute Gasteiger partial charge is 0.334 e. The van der Waals surface area contributed by atoms with Crippen LogP contribution in [-0.4, -0.2) is 44.6 Å². The van der Waals surface area contributed by atoms with Crippen molar-refractivity contribution in [1.82, 2.24) is 18.7 Å². The zero-order valence-electron chi connectivity index (χ0n) is 31.8. The van der Waals surface area contributed by atoms with Gasteiger partial charge in [0, 0.05) is 50.7 Å². The molecule has 0 saturated carbocycles. The molecule has 54 heavy (non-hydrogen) atoms. The van der Waals surface area contributed by atoms with E-state index in [1.165, 1.54) is 28.2 Å². The summed E-state index contributed by atoms with van der Waals surface area (Å²) >= 11 is 0. The number of H-pyrrole nitrogens is 1. The first-order valence-corrected chi connectivity index (χ1v) is 16.9. The van der Waals surface area contributed by atoms with Gasteiger partial charge in [-0.25, -0.2) is 14.2 Å². The number of aryl methyl sites for hydroxylation is 2. The summed E-state index contributed by atoms with van der Waals surface area (Å²) < 4.78 is 8.13. The Bertz CT molecular complexity index is 2440. The van der Waals surface area contributed by atoms with Crippen molar-refractivity contribution in [2.75, 3.05) is 0 Å². The minimum Gasteiger partial charge on any atom is -0.444 e. The van der Waals surface area contributed by atoms with E-state index in [4.69, 9.17) is 10.00 Å². The summed E-state index contributed by atoms with van der Waals surface area (Å²) in [4.78, 5) is 90.0. The van der Waals surface area contributed by atoms with Crippen LogP contribution in [-0.2, 0) is 29.4 Å². The lowest BCUT2D eigenvalue weighted by atomic mass is 9.95. The highest BCUT2D eigenvalue weighted by Crippen LogP contribution is 2.21. The van der Waals surface area contributed by atoms with E-state index in [0.717, 1.165) is 10.1 Å². The molecule has 3 radical (unpaired) electrons. The highest BCUT2D eigenvalue weighted by molar-refractivity contribution is 6.09. The zero-order chi connectivity index (χ0) is 39.9. The first kappa shape index (κ1) is 43.8. The number of carbonyl (C=O) groups is 3. The Kier molecular flexibility index (Phi) is 14.9. The van der Waals surface area contributed by atoms with Crippen molar-refractivity contribution < 1.29 is 19.1 Å². The van der Waals surface area contributed by atoms with Crippen LogP contribution < -0.4 is 22.5 Å². The number of nitrogens with one attached hydrogen (secondary N) is 1. The summed E-state index contributed by atoms with van der Waals surface area (Å²) in [6.07, 6.45) is 0. The number of benzene rings is 2. The average Bonchev–Trinajstić information content (AvgIpc) is 3.09. The Morgan fingerprint density at radius 2 is 1.17 bits per heavy atom. The van der Waals surface area contributed by atoms with Gasteiger partial charge in [0.15, 0.2) is 6.73 Å². The Morgan fingerprint density at radius 1 is 0.722 bits per heavy atom. The van der Waals surface area contributed by atoms with E-state index in [9.17, 15) is 38.8 Å². The molecular weight excluding hydrogens is 691 g/mol. The summed E-state index contributed by atoms with van der Waals surface area (Å²) in [6.45, 7) is 15.1. The summed E-state index contributed by atoms with van der Waals surface area (Å²) in [5, 5.41) is 18.3. The van der Waals surface area contributed by atoms with Gasteiger partial charge in [0.1, 0.15) is 11.4 Å². The van der Waals surface area contributed by atoms with E-state index in [2.05, 4.69) is 4.98 Å². The number of ketones is 2. The number of carbonyl (C=O) groups excluding carboxylic acids is 3. The molecule has 2 aromatic carbocycles. The lowest BCUT2D eigenvalue weighted by molar-refractivity contribution is -0.145. The molecule has 279 valence electrons. The van der Waals surface area contributed by atoms with E-state index < -0.39 is 46.8 Å². The topological polar surface area (TPSA) is 207 Å². The molecular formula is C39H42BN6O8. The largest absolute Gasteiger partial charge is 0.444 e. The van der Waals surface area contributed by atoms with Crippen LogP contribution in [0.1, 0.15) is 126 Å². The van der Waals surface area contributed by atoms with Gasteiger partial charge < -0.3 is 4.74 Å². The van der Waals surface area contributed by atoms with Crippen molar-refractivity contribution in [2.24, 2.45) is 0 Å². The van der Waals surface area contributed by atoms with Gasteiger partial charge in [-0.1, -0.05) is 27.7 Å². The molecule has 0 bridgehead atoms. The number of hydrogen-bond acceptors (Lipinski definition) is 10. The molecule has 0 atom stereocenters. The van der Waals surface area contributed by atoms with Crippen LogP contribution >= 0.6 is 0 Å². The second-order valence-electron chi connectivity index (χ2n) is 12.9. The van der Waals surface area contributed by atoms with Crippen molar-refractivity contribution in [1.29, 1.82) is 10.5 Å². The first-order chi connectivity index (χ1) is 24.9. The molecule has 0 fully saturated rings. The predicted octanol–water partition coefficient (Wildman–Crippen LogP) is 3.80. The van der Waals surface area contributed by atoms with Crippen LogP contribution in [0.2, 0.25) is 0 Å². The number of nitrogens with zero attached hydrogens (tertiary/aromatic N) is 5. The molecule has 0 unspecified atom stereocenters. The quantitative estimate of drug-likeness (QED) is 0.142. The fraction of sp³-hybridized carbons (Fsp3) is 0.359. The van der Waals surface area contributed by atoms with Crippen LogP contribution in [0.5, 0.6) is 0 Å². The van der Waals surface area contributed by atoms with Gasteiger partial charge >= 0.3 is 17.3 Å². The van der Waals surface area contributed by atoms with E-state index in [1.54, 1.807) is 79.7 Å². The molecule has 0 saturated heterocycles. The maximum atomic E-state index is 13.4. The molecule has 0 amide bonds. The third kappa shape index (κ3) is 9.35. The Hall–Kier alpha value is -6.35. The summed E-state index contributed by atoms with van der Waals surface area (Å²) in [5.74, 6) is -2.17. The molecule has 4 rings (SSSR count). The fourth-order valence-electron chi connectivity index (χ4n) is 5.95. The molecule has 4 aromatic rings. The third-order valence-electron chi connectivity index (χ3n) is 8.25. The van der Waals surface area contributed by atoms with Gasteiger partial charge in [-0.2, -0.15) is 10.5 Å². The molecule has 0 aliphatic rings. The number of rotatable bonds is 10. The number of hydrogen-bond donors (Lipinski definition) is 1. The normalized spacial score (nSPS) is 10.5. The van der Waals surface area contributed by atoms with Crippen LogP contribution in [0.3, 0.4) is 0 Å². The van der Waals surface area contributed by atoms with Gasteiger partial charge in [-0.15, -0.1) is 0 Å². The van der Waals surface area contributed by atoms with Gasteiger partial charge in [0.25, 0.3) is 11.1 Å². The number of aromatic nitrogens is 4. The SMILES string of the molecule is CCn1c(C(=O)c2cc(C)cc(C#N)c2)c(C(C)C)c(=O)[nH]c1=O.CCn1c(C(=O)c2cc(C)cc(C#N)c2)c(C(C)C)c(=O)n(COC(C)=O)c1=O.[B]. The van der Waals surface area contributed by atoms with Crippen molar-refractivity contribution in [3.8, 4) is 12.1 Å². The standard InChI is InChI=1S/C21H23N3O5.C18H19N3O3.B/c1-6-23-18(19(26)16-8-13(4)7-15(9-16)10-22)17(12(2)3)20(27)24(21(23)28)11-29-14(5)25;1-5-21-15(14(10(2)3)17(23)20-18(21)24)16(22)13-7-11(4)6-12(8-13)9-19;/h7-9,12H,6,11H2,1-5H3;6-8,10H,5H2,1-4H3,(H,20,23,24);. The third-order valence-corrected chi connectivity index (χ3v) is 8.25. The van der Waals surface area contributed by atoms with E-state index in [0.29, 0.717) is 22.3 Å². The second-order valence-corrected chi connectivity index (χ2v) is 12.9. The van der Waals surface area contributed by atoms with Crippen LogP contribution in [0, 0.1) is 36.5 Å². The highest BCUT2D eigenvalue weighted by atomic mass is 16.5. The molecule has 0 spiro atoms. The molecule has 1 N–H and O–H groups in total. The average molecular weight is 734 g/mol. The van der Waals surface area contributed by atoms with Gasteiger partial charge in [-0.05, 0) is 87.1 Å². The maximum absolute atomic E-state index is 13.4. The van der Waals surface area contributed by atoms with Gasteiger partial charge in [-0.3, -0.25) is 38.1 Å². The Labute approximate surface area is 313 Å². The highest BCUT2D eigenvalue weighted by Gasteiger charge is 2.27. The lowest BCUT2D eigenvalue weighted by Crippen LogP contribution is -2.45. The Morgan fingerprint density at radius 3 is 1.56 bits per heavy atom. The van der Waals surface area contributed by atoms with Crippen LogP contribution in [0.25, 0.3) is 0 Å². The summed E-state index contributed by atoms with van der Waals surface area (Å²) in [5.41, 5.74) is 0.625. The predicted molar refractivity (Wildman–Crippen MR) is 202 cm³/mol. The number of ether oxygens (including phenoxy) is 1. The van der Waals surface area contributed by atoms with Crippen molar-refractivity contribution >= 4 is 25.9 Å². The number of nitriles is 2. The molecule has 2 heterocycles. The van der Waals surface area contributed by atoms with E-state index in [1.807, 2.05) is 12.1 Å². The number of aromatic amines is 1. The summed E-state index contributed by atoms with van der Waals surface area (Å²) in [7, 11) is 0. The van der Waals surface area contributed by atoms with Gasteiger partial charge in [0.2, 0.25) is 11.6 Å². The summed E-state index contributed by atoms with van der Waals surface area (Å²) in [6, 6.07) is 13.5. The molecule has 15 heteroatoms. The molecule has 14 nitrogen and oxygen atoms in total. The monoisotopic (exact) mass is 733 g/mol. The Balaban J connectivity index is 0.000000373. The second kappa shape index (κ2) is 18.4. The van der Waals surface area contributed by atoms with E-state index in [-0.39, 0.29) is 61.4 Å². The van der Waals surface area contributed by atoms with Crippen LogP contribution in [0.4, 0.5) is 0 Å². The first-order valence-electron chi connectivity index (χ1n) is 16.9. The molecule has 0 aliphatic heterocycles. The molecule has 0 aliphatic carbocycles. The lowest BCUT2D eigenvalue weighted by Gasteiger charge is -2.19. The minimum atomic E-state index is -0.736. The zero-order valence-corrected chi connectivity index (χ0v) is 31.8. The fourth-order valence-corrected chi connectivity index (χ4v) is 5.95. The van der Waals surface area contributed by atoms with Crippen LogP contribution in [0.15, 0.2) is 55.6 Å². The number of esters is 1. The van der Waals surface area contributed by atoms with Crippen molar-refractivity contribution in [3.05, 3.63) is 134 Å². The van der Waals surface area contributed by atoms with Crippen molar-refractivity contribution in [2.45, 2.75) is 94.0 Å². The maximum Gasteiger partial charge on any atom is 0.334 e. The van der Waals surface area contributed by atoms with E-state index >= 15 is 0 Å². The minimum absolute atomic E-state index is 0. The molecule has 2 aromatic heterocycles. The van der Waals surface area contributed by atoms with Gasteiger partial charge in [0.05, 0.1) is 23.3 Å². The van der Waals surface area contributed by atoms with Crippen molar-refractivity contribution in [3.63, 3.8) is 0 Å².